The number of nitro groups is 1. The van der Waals surface area contributed by atoms with Gasteiger partial charge in [-0.25, -0.2) is 0 Å². The molecule has 1 fully saturated rings. The number of nitro benzene ring substituents is 1. The Kier molecular flexibility index (Phi) is 3.26. The van der Waals surface area contributed by atoms with Crippen LogP contribution in [0.3, 0.4) is 0 Å². The van der Waals surface area contributed by atoms with Gasteiger partial charge in [-0.15, -0.1) is 0 Å². The van der Waals surface area contributed by atoms with Crippen molar-refractivity contribution in [3.63, 3.8) is 0 Å². The Morgan fingerprint density at radius 1 is 1.56 bits per heavy atom. The first kappa shape index (κ1) is 11.2. The van der Waals surface area contributed by atoms with E-state index in [1.54, 1.807) is 6.07 Å². The zero-order chi connectivity index (χ0) is 11.5. The molecule has 0 aliphatic carbocycles. The molecule has 1 unspecified atom stereocenters. The number of nitrogens with zero attached hydrogens (tertiary/aromatic N) is 1. The van der Waals surface area contributed by atoms with E-state index in [0.29, 0.717) is 5.75 Å². The first-order valence-corrected chi connectivity index (χ1v) is 5.36. The average molecular weight is 243 g/mol. The van der Waals surface area contributed by atoms with E-state index in [1.807, 2.05) is 0 Å². The van der Waals surface area contributed by atoms with Crippen LogP contribution in [0.25, 0.3) is 0 Å². The van der Waals surface area contributed by atoms with Crippen molar-refractivity contribution in [1.29, 1.82) is 0 Å². The summed E-state index contributed by atoms with van der Waals surface area (Å²) in [5.74, 6) is 0.573. The molecule has 5 nitrogen and oxygen atoms in total. The number of nitrogens with one attached hydrogen (secondary N) is 1. The molecule has 1 aromatic carbocycles. The normalized spacial score (nSPS) is 19.7. The molecule has 1 N–H and O–H groups in total. The van der Waals surface area contributed by atoms with Crippen molar-refractivity contribution in [1.82, 2.24) is 5.32 Å². The van der Waals surface area contributed by atoms with Gasteiger partial charge in [-0.2, -0.15) is 0 Å². The SMILES string of the molecule is O=[N+]([O-])c1ccc(OC2CCNC2)cc1Cl. The molecule has 0 radical (unpaired) electrons. The minimum Gasteiger partial charge on any atom is -0.489 e. The van der Waals surface area contributed by atoms with Crippen molar-refractivity contribution < 1.29 is 9.66 Å². The van der Waals surface area contributed by atoms with Crippen LogP contribution in [-0.4, -0.2) is 24.1 Å². The lowest BCUT2D eigenvalue weighted by Crippen LogP contribution is -2.19. The summed E-state index contributed by atoms with van der Waals surface area (Å²) in [7, 11) is 0. The second-order valence-corrected chi connectivity index (χ2v) is 4.01. The fraction of sp³-hybridized carbons (Fsp3) is 0.400. The number of ether oxygens (including phenoxy) is 1. The summed E-state index contributed by atoms with van der Waals surface area (Å²) in [6, 6.07) is 4.42. The minimum atomic E-state index is -0.511. The average Bonchev–Trinajstić information content (AvgIpc) is 2.70. The van der Waals surface area contributed by atoms with Crippen LogP contribution in [0.2, 0.25) is 5.02 Å². The lowest BCUT2D eigenvalue weighted by molar-refractivity contribution is -0.384. The molecular weight excluding hydrogens is 232 g/mol. The van der Waals surface area contributed by atoms with Gasteiger partial charge in [-0.1, -0.05) is 11.6 Å². The highest BCUT2D eigenvalue weighted by molar-refractivity contribution is 6.32. The van der Waals surface area contributed by atoms with Gasteiger partial charge in [-0.3, -0.25) is 10.1 Å². The lowest BCUT2D eigenvalue weighted by Gasteiger charge is -2.12. The molecule has 1 aromatic rings. The van der Waals surface area contributed by atoms with E-state index < -0.39 is 4.92 Å². The molecule has 0 spiro atoms. The molecule has 0 saturated carbocycles. The predicted molar refractivity (Wildman–Crippen MR) is 60.0 cm³/mol. The molecule has 1 aliphatic rings. The van der Waals surface area contributed by atoms with Gasteiger partial charge >= 0.3 is 0 Å². The molecule has 6 heteroatoms. The van der Waals surface area contributed by atoms with Gasteiger partial charge in [0.15, 0.2) is 0 Å². The van der Waals surface area contributed by atoms with Gasteiger partial charge in [0.25, 0.3) is 5.69 Å². The minimum absolute atomic E-state index is 0.0986. The number of benzene rings is 1. The first-order chi connectivity index (χ1) is 7.66. The topological polar surface area (TPSA) is 64.4 Å². The van der Waals surface area contributed by atoms with E-state index in [-0.39, 0.29) is 16.8 Å². The summed E-state index contributed by atoms with van der Waals surface area (Å²) >= 11 is 5.77. The Labute approximate surface area is 97.5 Å². The highest BCUT2D eigenvalue weighted by Crippen LogP contribution is 2.29. The van der Waals surface area contributed by atoms with E-state index in [1.165, 1.54) is 12.1 Å². The third-order valence-electron chi connectivity index (χ3n) is 2.43. The number of hydrogen-bond acceptors (Lipinski definition) is 4. The van der Waals surface area contributed by atoms with E-state index in [2.05, 4.69) is 5.32 Å². The predicted octanol–water partition coefficient (Wildman–Crippen LogP) is 1.99. The molecule has 0 amide bonds. The van der Waals surface area contributed by atoms with Crippen molar-refractivity contribution >= 4 is 17.3 Å². The summed E-state index contributed by atoms with van der Waals surface area (Å²) < 4.78 is 5.62. The van der Waals surface area contributed by atoms with Crippen molar-refractivity contribution in [3.05, 3.63) is 33.3 Å². The molecule has 2 rings (SSSR count). The van der Waals surface area contributed by atoms with Crippen LogP contribution in [0.5, 0.6) is 5.75 Å². The lowest BCUT2D eigenvalue weighted by atomic mass is 10.3. The van der Waals surface area contributed by atoms with Crippen molar-refractivity contribution in [3.8, 4) is 5.75 Å². The Balaban J connectivity index is 2.11. The van der Waals surface area contributed by atoms with Crippen LogP contribution in [0.1, 0.15) is 6.42 Å². The number of halogens is 1. The summed E-state index contributed by atoms with van der Waals surface area (Å²) in [6.45, 7) is 1.74. The zero-order valence-corrected chi connectivity index (χ0v) is 9.24. The van der Waals surface area contributed by atoms with Crippen LogP contribution in [0, 0.1) is 10.1 Å². The van der Waals surface area contributed by atoms with Gasteiger partial charge in [-0.05, 0) is 19.0 Å². The largest absolute Gasteiger partial charge is 0.489 e. The Bertz CT molecular complexity index is 405. The highest BCUT2D eigenvalue weighted by atomic mass is 35.5. The van der Waals surface area contributed by atoms with Gasteiger partial charge in [0.05, 0.1) is 4.92 Å². The van der Waals surface area contributed by atoms with Crippen LogP contribution in [0.15, 0.2) is 18.2 Å². The van der Waals surface area contributed by atoms with E-state index in [0.717, 1.165) is 19.5 Å². The molecule has 1 heterocycles. The van der Waals surface area contributed by atoms with Gasteiger partial charge in [0.1, 0.15) is 16.9 Å². The summed E-state index contributed by atoms with van der Waals surface area (Å²) in [4.78, 5) is 10.0. The third-order valence-corrected chi connectivity index (χ3v) is 2.74. The summed E-state index contributed by atoms with van der Waals surface area (Å²) in [6.07, 6.45) is 1.06. The maximum Gasteiger partial charge on any atom is 0.288 e. The quantitative estimate of drug-likeness (QED) is 0.650. The third kappa shape index (κ3) is 2.43. The maximum atomic E-state index is 10.5. The van der Waals surface area contributed by atoms with Crippen molar-refractivity contribution in [2.24, 2.45) is 0 Å². The molecule has 0 bridgehead atoms. The molecular formula is C10H11ClN2O3. The van der Waals surface area contributed by atoms with Gasteiger partial charge in [0, 0.05) is 18.7 Å². The molecule has 16 heavy (non-hydrogen) atoms. The van der Waals surface area contributed by atoms with Crippen molar-refractivity contribution in [2.75, 3.05) is 13.1 Å². The Hall–Kier alpha value is -1.33. The number of hydrogen-bond donors (Lipinski definition) is 1. The maximum absolute atomic E-state index is 10.5. The molecule has 86 valence electrons. The monoisotopic (exact) mass is 242 g/mol. The van der Waals surface area contributed by atoms with E-state index in [4.69, 9.17) is 16.3 Å². The van der Waals surface area contributed by atoms with Crippen molar-refractivity contribution in [2.45, 2.75) is 12.5 Å². The second kappa shape index (κ2) is 4.67. The molecule has 1 saturated heterocycles. The first-order valence-electron chi connectivity index (χ1n) is 4.98. The van der Waals surface area contributed by atoms with Gasteiger partial charge in [0.2, 0.25) is 0 Å². The van der Waals surface area contributed by atoms with E-state index >= 15 is 0 Å². The van der Waals surface area contributed by atoms with Crippen LogP contribution in [-0.2, 0) is 0 Å². The smallest absolute Gasteiger partial charge is 0.288 e. The van der Waals surface area contributed by atoms with Gasteiger partial charge < -0.3 is 10.1 Å². The summed E-state index contributed by atoms with van der Waals surface area (Å²) in [5, 5.41) is 13.8. The molecule has 1 atom stereocenters. The molecule has 1 aliphatic heterocycles. The second-order valence-electron chi connectivity index (χ2n) is 3.60. The standard InChI is InChI=1S/C10H11ClN2O3/c11-9-5-7(1-2-10(9)13(14)15)16-8-3-4-12-6-8/h1-2,5,8,12H,3-4,6H2. The van der Waals surface area contributed by atoms with E-state index in [9.17, 15) is 10.1 Å². The summed E-state index contributed by atoms with van der Waals surface area (Å²) in [5.41, 5.74) is -0.0986. The molecule has 0 aromatic heterocycles. The highest BCUT2D eigenvalue weighted by Gasteiger charge is 2.18. The Morgan fingerprint density at radius 3 is 2.94 bits per heavy atom. The zero-order valence-electron chi connectivity index (χ0n) is 8.48. The van der Waals surface area contributed by atoms with Crippen LogP contribution >= 0.6 is 11.6 Å². The Morgan fingerprint density at radius 2 is 2.38 bits per heavy atom. The fourth-order valence-electron chi connectivity index (χ4n) is 1.63. The van der Waals surface area contributed by atoms with Crippen LogP contribution < -0.4 is 10.1 Å². The van der Waals surface area contributed by atoms with Crippen LogP contribution in [0.4, 0.5) is 5.69 Å². The number of rotatable bonds is 3. The fourth-order valence-corrected chi connectivity index (χ4v) is 1.87.